The minimum Gasteiger partial charge on any atom is -0.396 e. The van der Waals surface area contributed by atoms with Crippen LogP contribution in [0.3, 0.4) is 0 Å². The molecule has 0 unspecified atom stereocenters. The van der Waals surface area contributed by atoms with Gasteiger partial charge in [0, 0.05) is 24.6 Å². The monoisotopic (exact) mass is 396 g/mol. The van der Waals surface area contributed by atoms with Crippen molar-refractivity contribution in [3.05, 3.63) is 46.8 Å². The molecule has 2 heterocycles. The van der Waals surface area contributed by atoms with Crippen LogP contribution in [0.2, 0.25) is 0 Å². The molecular weight excluding hydrogens is 373 g/mol. The average molecular weight is 396 g/mol. The summed E-state index contributed by atoms with van der Waals surface area (Å²) < 4.78 is 38.5. The fraction of sp³-hybridized carbons (Fsp3) is 0.444. The molecule has 0 saturated heterocycles. The second kappa shape index (κ2) is 8.09. The molecule has 7 N–H and O–H groups in total. The molecule has 0 amide bonds. The highest BCUT2D eigenvalue weighted by Gasteiger charge is 2.34. The van der Waals surface area contributed by atoms with E-state index in [1.165, 1.54) is 0 Å². The van der Waals surface area contributed by atoms with Crippen molar-refractivity contribution >= 4 is 11.7 Å². The van der Waals surface area contributed by atoms with Gasteiger partial charge >= 0.3 is 6.18 Å². The van der Waals surface area contributed by atoms with Gasteiger partial charge in [-0.3, -0.25) is 9.98 Å². The van der Waals surface area contributed by atoms with Gasteiger partial charge in [0.05, 0.1) is 12.2 Å². The Kier molecular flexibility index (Phi) is 5.78. The summed E-state index contributed by atoms with van der Waals surface area (Å²) >= 11 is 0. The van der Waals surface area contributed by atoms with Gasteiger partial charge in [0.1, 0.15) is 23.6 Å². The third-order valence-corrected chi connectivity index (χ3v) is 4.70. The maximum absolute atomic E-state index is 12.8. The smallest absolute Gasteiger partial charge is 0.396 e. The van der Waals surface area contributed by atoms with Crippen LogP contribution >= 0.6 is 0 Å². The van der Waals surface area contributed by atoms with Crippen molar-refractivity contribution in [2.45, 2.75) is 25.2 Å². The lowest BCUT2D eigenvalue weighted by Gasteiger charge is -2.26. The molecule has 0 aromatic carbocycles. The van der Waals surface area contributed by atoms with Gasteiger partial charge in [0.2, 0.25) is 0 Å². The number of hydrogen-bond donors (Lipinski definition) is 5. The van der Waals surface area contributed by atoms with Crippen LogP contribution in [-0.2, 0) is 0 Å². The van der Waals surface area contributed by atoms with Crippen molar-refractivity contribution in [3.63, 3.8) is 0 Å². The predicted octanol–water partition coefficient (Wildman–Crippen LogP) is 0.819. The number of hydrogen-bond acceptors (Lipinski definition) is 7. The van der Waals surface area contributed by atoms with E-state index in [0.29, 0.717) is 36.7 Å². The number of amidine groups is 2. The summed E-state index contributed by atoms with van der Waals surface area (Å²) in [7, 11) is 0. The molecule has 3 rings (SSSR count). The van der Waals surface area contributed by atoms with Gasteiger partial charge in [-0.2, -0.15) is 13.2 Å². The zero-order valence-electron chi connectivity index (χ0n) is 15.1. The topological polar surface area (TPSA) is 121 Å². The van der Waals surface area contributed by atoms with Crippen molar-refractivity contribution < 1.29 is 18.3 Å². The second-order valence-electron chi connectivity index (χ2n) is 6.67. The van der Waals surface area contributed by atoms with Crippen LogP contribution < -0.4 is 22.1 Å². The van der Waals surface area contributed by atoms with Crippen molar-refractivity contribution in [1.29, 1.82) is 0 Å². The van der Waals surface area contributed by atoms with E-state index in [-0.39, 0.29) is 24.7 Å². The summed E-state index contributed by atoms with van der Waals surface area (Å²) in [6, 6.07) is 0. The second-order valence-corrected chi connectivity index (χ2v) is 6.67. The molecule has 2 aliphatic heterocycles. The van der Waals surface area contributed by atoms with Gasteiger partial charge < -0.3 is 27.2 Å². The van der Waals surface area contributed by atoms with E-state index in [2.05, 4.69) is 20.6 Å². The first-order valence-electron chi connectivity index (χ1n) is 8.95. The molecule has 28 heavy (non-hydrogen) atoms. The molecule has 152 valence electrons. The lowest BCUT2D eigenvalue weighted by Crippen LogP contribution is -2.40. The van der Waals surface area contributed by atoms with Crippen molar-refractivity contribution in [2.24, 2.45) is 27.4 Å². The standard InChI is InChI=1S/C18H23F3N6O/c19-18(20,21)12-5-6-24-13(9-12)27-17(28)11-3-1-10(2-4-11)14(22)15-16(23)26-8-7-25-15/h1-3,9,11,17,25,28H,4-8,22H2,(H2,23,26)(H,24,27)/b15-14-/t11-,17-/m1/s1. The number of nitrogens with zero attached hydrogens (tertiary/aromatic N) is 2. The summed E-state index contributed by atoms with van der Waals surface area (Å²) in [6.45, 7) is 1.27. The van der Waals surface area contributed by atoms with Gasteiger partial charge in [-0.1, -0.05) is 18.2 Å². The van der Waals surface area contributed by atoms with E-state index in [0.717, 1.165) is 11.6 Å². The number of nitrogens with one attached hydrogen (secondary N) is 2. The Balaban J connectivity index is 1.63. The van der Waals surface area contributed by atoms with Crippen molar-refractivity contribution in [3.8, 4) is 0 Å². The summed E-state index contributed by atoms with van der Waals surface area (Å²) in [5.41, 5.74) is 13.2. The van der Waals surface area contributed by atoms with Crippen LogP contribution in [0.5, 0.6) is 0 Å². The average Bonchev–Trinajstić information content (AvgIpc) is 2.67. The van der Waals surface area contributed by atoms with Crippen LogP contribution in [0.1, 0.15) is 12.8 Å². The molecule has 0 saturated carbocycles. The van der Waals surface area contributed by atoms with E-state index >= 15 is 0 Å². The number of dihydropyridines is 1. The predicted molar refractivity (Wildman–Crippen MR) is 101 cm³/mol. The van der Waals surface area contributed by atoms with Crippen molar-refractivity contribution in [1.82, 2.24) is 10.6 Å². The molecule has 10 heteroatoms. The van der Waals surface area contributed by atoms with Crippen LogP contribution in [-0.4, -0.2) is 48.8 Å². The summed E-state index contributed by atoms with van der Waals surface area (Å²) in [6.07, 6.45) is 1.13. The number of aliphatic imine (C=N–C) groups is 2. The quantitative estimate of drug-likeness (QED) is 0.452. The SMILES string of the molecule is NC1=NCCN/C1=C(\N)C1=CC[C@H]([C@@H](O)NC2=NCCC(C(F)(F)F)=C2)C=C1. The maximum Gasteiger partial charge on any atom is 0.412 e. The number of allylic oxidation sites excluding steroid dienone is 2. The van der Waals surface area contributed by atoms with Gasteiger partial charge in [-0.25, -0.2) is 0 Å². The molecule has 0 aromatic heterocycles. The summed E-state index contributed by atoms with van der Waals surface area (Å²) in [4.78, 5) is 8.16. The fourth-order valence-electron chi connectivity index (χ4n) is 3.12. The summed E-state index contributed by atoms with van der Waals surface area (Å²) in [5, 5.41) is 16.1. The molecule has 0 spiro atoms. The zero-order valence-corrected chi connectivity index (χ0v) is 15.1. The Morgan fingerprint density at radius 2 is 2.11 bits per heavy atom. The number of alkyl halides is 3. The summed E-state index contributed by atoms with van der Waals surface area (Å²) in [5.74, 6) is 0.0509. The molecule has 0 aromatic rings. The van der Waals surface area contributed by atoms with Gasteiger partial charge in [0.25, 0.3) is 0 Å². The lowest BCUT2D eigenvalue weighted by molar-refractivity contribution is -0.0938. The third kappa shape index (κ3) is 4.56. The van der Waals surface area contributed by atoms with E-state index < -0.39 is 18.0 Å². The van der Waals surface area contributed by atoms with Crippen LogP contribution in [0, 0.1) is 5.92 Å². The Hall–Kier alpha value is -2.75. The van der Waals surface area contributed by atoms with Crippen LogP contribution in [0.15, 0.2) is 56.8 Å². The minimum absolute atomic E-state index is 0.0328. The molecule has 3 aliphatic rings. The first-order chi connectivity index (χ1) is 13.3. The molecule has 0 radical (unpaired) electrons. The fourth-order valence-corrected chi connectivity index (χ4v) is 3.12. The van der Waals surface area contributed by atoms with E-state index in [9.17, 15) is 18.3 Å². The largest absolute Gasteiger partial charge is 0.412 e. The van der Waals surface area contributed by atoms with Gasteiger partial charge in [-0.15, -0.1) is 0 Å². The van der Waals surface area contributed by atoms with E-state index in [1.54, 1.807) is 12.2 Å². The Labute approximate surface area is 160 Å². The first-order valence-corrected chi connectivity index (χ1v) is 8.95. The van der Waals surface area contributed by atoms with Crippen LogP contribution in [0.25, 0.3) is 0 Å². The molecule has 7 nitrogen and oxygen atoms in total. The van der Waals surface area contributed by atoms with Gasteiger partial charge in [-0.05, 0) is 24.5 Å². The highest BCUT2D eigenvalue weighted by atomic mass is 19.4. The third-order valence-electron chi connectivity index (χ3n) is 4.70. The molecule has 0 bridgehead atoms. The molecule has 1 aliphatic carbocycles. The zero-order chi connectivity index (χ0) is 20.3. The highest BCUT2D eigenvalue weighted by molar-refractivity contribution is 5.98. The number of rotatable bonds is 3. The number of aliphatic hydroxyl groups is 1. The van der Waals surface area contributed by atoms with Crippen LogP contribution in [0.4, 0.5) is 13.2 Å². The Morgan fingerprint density at radius 1 is 1.32 bits per heavy atom. The first kappa shape index (κ1) is 20.0. The van der Waals surface area contributed by atoms with Crippen molar-refractivity contribution in [2.75, 3.05) is 19.6 Å². The maximum atomic E-state index is 12.8. The van der Waals surface area contributed by atoms with E-state index in [1.807, 2.05) is 6.08 Å². The number of aliphatic hydroxyl groups excluding tert-OH is 1. The van der Waals surface area contributed by atoms with E-state index in [4.69, 9.17) is 11.5 Å². The lowest BCUT2D eigenvalue weighted by atomic mass is 9.93. The number of nitrogens with two attached hydrogens (primary N) is 2. The normalized spacial score (nSPS) is 25.6. The number of halogens is 3. The molecule has 0 fully saturated rings. The molecule has 2 atom stereocenters. The highest BCUT2D eigenvalue weighted by Crippen LogP contribution is 2.29. The molecular formula is C18H23F3N6O. The van der Waals surface area contributed by atoms with Gasteiger partial charge in [0.15, 0.2) is 0 Å². The minimum atomic E-state index is -4.39. The Morgan fingerprint density at radius 3 is 2.75 bits per heavy atom. The Bertz CT molecular complexity index is 807.